The Morgan fingerprint density at radius 2 is 2.30 bits per heavy atom. The molecule has 0 bridgehead atoms. The Hall–Kier alpha value is 0.310. The summed E-state index contributed by atoms with van der Waals surface area (Å²) in [7, 11) is 0. The van der Waals surface area contributed by atoms with Crippen LogP contribution in [0.15, 0.2) is 0 Å². The molecule has 0 aromatic carbocycles. The molecule has 0 aliphatic carbocycles. The fraction of sp³-hybridized carbons (Fsp3) is 1.00. The predicted octanol–water partition coefficient (Wildman–Crippen LogP) is 2.31. The lowest BCUT2D eigenvalue weighted by Crippen LogP contribution is -2.25. The molecule has 60 valence electrons. The molecule has 0 spiro atoms. The van der Waals surface area contributed by atoms with Gasteiger partial charge < -0.3 is 4.74 Å². The highest BCUT2D eigenvalue weighted by atomic mass is 32.2. The first-order chi connectivity index (χ1) is 4.83. The van der Waals surface area contributed by atoms with Gasteiger partial charge in [0.15, 0.2) is 0 Å². The van der Waals surface area contributed by atoms with Crippen molar-refractivity contribution in [2.24, 2.45) is 0 Å². The first-order valence-electron chi connectivity index (χ1n) is 4.06. The molecule has 0 aromatic heterocycles. The van der Waals surface area contributed by atoms with Gasteiger partial charge in [-0.2, -0.15) is 11.8 Å². The lowest BCUT2D eigenvalue weighted by molar-refractivity contribution is 0.0324. The van der Waals surface area contributed by atoms with Crippen molar-refractivity contribution in [1.29, 1.82) is 0 Å². The minimum Gasteiger partial charge on any atom is -0.377 e. The minimum absolute atomic E-state index is 0.508. The summed E-state index contributed by atoms with van der Waals surface area (Å²) in [5.41, 5.74) is 0. The van der Waals surface area contributed by atoms with Gasteiger partial charge in [-0.25, -0.2) is 0 Å². The van der Waals surface area contributed by atoms with Crippen molar-refractivity contribution in [2.75, 3.05) is 12.4 Å². The van der Waals surface area contributed by atoms with Gasteiger partial charge in [0.05, 0.1) is 12.7 Å². The van der Waals surface area contributed by atoms with Crippen molar-refractivity contribution in [2.45, 2.75) is 38.0 Å². The van der Waals surface area contributed by atoms with E-state index in [4.69, 9.17) is 4.74 Å². The number of ether oxygens (including phenoxy) is 1. The Bertz CT molecular complexity index is 87.3. The lowest BCUT2D eigenvalue weighted by atomic mass is 10.1. The first kappa shape index (κ1) is 8.41. The number of thioether (sulfide) groups is 1. The molecule has 2 atom stereocenters. The van der Waals surface area contributed by atoms with E-state index in [0.29, 0.717) is 6.10 Å². The number of hydrogen-bond acceptors (Lipinski definition) is 2. The summed E-state index contributed by atoms with van der Waals surface area (Å²) in [6.07, 6.45) is 3.10. The third-order valence-electron chi connectivity index (χ3n) is 1.86. The standard InChI is InChI=1S/C8H16OS/c1-3-10-8-5-4-7(2)9-6-8/h7-8H,3-6H2,1-2H3/t7-,8?/m0/s1. The van der Waals surface area contributed by atoms with Crippen LogP contribution < -0.4 is 0 Å². The largest absolute Gasteiger partial charge is 0.377 e. The van der Waals surface area contributed by atoms with Crippen LogP contribution in [0.4, 0.5) is 0 Å². The predicted molar refractivity (Wildman–Crippen MR) is 46.6 cm³/mol. The molecule has 2 heteroatoms. The second-order valence-electron chi connectivity index (χ2n) is 2.80. The van der Waals surface area contributed by atoms with E-state index >= 15 is 0 Å². The maximum absolute atomic E-state index is 5.52. The van der Waals surface area contributed by atoms with Crippen LogP contribution in [0.2, 0.25) is 0 Å². The van der Waals surface area contributed by atoms with Gasteiger partial charge in [-0.15, -0.1) is 0 Å². The number of rotatable bonds is 2. The van der Waals surface area contributed by atoms with Crippen molar-refractivity contribution in [3.8, 4) is 0 Å². The third-order valence-corrected chi connectivity index (χ3v) is 3.04. The molecule has 1 rings (SSSR count). The van der Waals surface area contributed by atoms with Gasteiger partial charge in [0.25, 0.3) is 0 Å². The summed E-state index contributed by atoms with van der Waals surface area (Å²) in [4.78, 5) is 0. The zero-order valence-corrected chi connectivity index (χ0v) is 7.62. The fourth-order valence-electron chi connectivity index (χ4n) is 1.23. The van der Waals surface area contributed by atoms with Crippen molar-refractivity contribution in [3.05, 3.63) is 0 Å². The number of hydrogen-bond donors (Lipinski definition) is 0. The summed E-state index contributed by atoms with van der Waals surface area (Å²) < 4.78 is 5.52. The van der Waals surface area contributed by atoms with E-state index in [0.717, 1.165) is 11.9 Å². The first-order valence-corrected chi connectivity index (χ1v) is 5.11. The second-order valence-corrected chi connectivity index (χ2v) is 4.38. The van der Waals surface area contributed by atoms with E-state index in [-0.39, 0.29) is 0 Å². The van der Waals surface area contributed by atoms with E-state index in [1.54, 1.807) is 0 Å². The Balaban J connectivity index is 2.13. The van der Waals surface area contributed by atoms with E-state index in [1.165, 1.54) is 18.6 Å². The molecular weight excluding hydrogens is 144 g/mol. The average molecular weight is 160 g/mol. The molecule has 1 aliphatic rings. The Labute approximate surface area is 67.5 Å². The average Bonchev–Trinajstić information content (AvgIpc) is 1.95. The lowest BCUT2D eigenvalue weighted by Gasteiger charge is -2.25. The smallest absolute Gasteiger partial charge is 0.0588 e. The normalized spacial score (nSPS) is 34.2. The molecule has 0 radical (unpaired) electrons. The molecule has 1 fully saturated rings. The zero-order chi connectivity index (χ0) is 7.40. The molecule has 10 heavy (non-hydrogen) atoms. The van der Waals surface area contributed by atoms with Gasteiger partial charge in [0.1, 0.15) is 0 Å². The summed E-state index contributed by atoms with van der Waals surface area (Å²) in [5, 5.41) is 0.779. The van der Waals surface area contributed by atoms with Gasteiger partial charge in [0.2, 0.25) is 0 Å². The van der Waals surface area contributed by atoms with Crippen molar-refractivity contribution < 1.29 is 4.74 Å². The highest BCUT2D eigenvalue weighted by Crippen LogP contribution is 2.23. The van der Waals surface area contributed by atoms with Crippen LogP contribution in [0.1, 0.15) is 26.7 Å². The minimum atomic E-state index is 0.508. The van der Waals surface area contributed by atoms with Crippen LogP contribution in [0.25, 0.3) is 0 Å². The van der Waals surface area contributed by atoms with Crippen molar-refractivity contribution in [1.82, 2.24) is 0 Å². The highest BCUT2D eigenvalue weighted by molar-refractivity contribution is 7.99. The monoisotopic (exact) mass is 160 g/mol. The van der Waals surface area contributed by atoms with E-state index in [1.807, 2.05) is 11.8 Å². The van der Waals surface area contributed by atoms with Crippen LogP contribution >= 0.6 is 11.8 Å². The second kappa shape index (κ2) is 4.24. The van der Waals surface area contributed by atoms with Gasteiger partial charge in [-0.3, -0.25) is 0 Å². The van der Waals surface area contributed by atoms with E-state index in [9.17, 15) is 0 Å². The van der Waals surface area contributed by atoms with Crippen LogP contribution in [0, 0.1) is 0 Å². The Morgan fingerprint density at radius 3 is 2.80 bits per heavy atom. The van der Waals surface area contributed by atoms with Gasteiger partial charge in [-0.1, -0.05) is 6.92 Å². The fourth-order valence-corrected chi connectivity index (χ4v) is 2.17. The molecule has 0 aromatic rings. The quantitative estimate of drug-likeness (QED) is 0.613. The topological polar surface area (TPSA) is 9.23 Å². The molecule has 0 saturated carbocycles. The maximum Gasteiger partial charge on any atom is 0.0588 e. The molecule has 0 N–H and O–H groups in total. The zero-order valence-electron chi connectivity index (χ0n) is 6.80. The summed E-state index contributed by atoms with van der Waals surface area (Å²) >= 11 is 2.03. The van der Waals surface area contributed by atoms with Crippen molar-refractivity contribution in [3.63, 3.8) is 0 Å². The maximum atomic E-state index is 5.52. The van der Waals surface area contributed by atoms with E-state index < -0.39 is 0 Å². The molecule has 1 unspecified atom stereocenters. The van der Waals surface area contributed by atoms with Crippen LogP contribution in [0.3, 0.4) is 0 Å². The molecule has 0 amide bonds. The Kier molecular flexibility index (Phi) is 3.57. The molecule has 1 aliphatic heterocycles. The SMILES string of the molecule is CCSC1CC[C@H](C)OC1. The van der Waals surface area contributed by atoms with Crippen molar-refractivity contribution >= 4 is 11.8 Å². The molecule has 1 saturated heterocycles. The molecular formula is C8H16OS. The summed E-state index contributed by atoms with van der Waals surface area (Å²) in [6.45, 7) is 5.34. The van der Waals surface area contributed by atoms with Crippen LogP contribution in [-0.2, 0) is 4.74 Å². The highest BCUT2D eigenvalue weighted by Gasteiger charge is 2.17. The molecule has 1 nitrogen and oxygen atoms in total. The van der Waals surface area contributed by atoms with Crippen LogP contribution in [-0.4, -0.2) is 23.7 Å². The Morgan fingerprint density at radius 1 is 1.50 bits per heavy atom. The van der Waals surface area contributed by atoms with Gasteiger partial charge >= 0.3 is 0 Å². The summed E-state index contributed by atoms with van der Waals surface area (Å²) in [6, 6.07) is 0. The van der Waals surface area contributed by atoms with Gasteiger partial charge in [-0.05, 0) is 25.5 Å². The summed E-state index contributed by atoms with van der Waals surface area (Å²) in [5.74, 6) is 1.22. The van der Waals surface area contributed by atoms with Gasteiger partial charge in [0, 0.05) is 5.25 Å². The third kappa shape index (κ3) is 2.51. The van der Waals surface area contributed by atoms with Crippen LogP contribution in [0.5, 0.6) is 0 Å². The van der Waals surface area contributed by atoms with E-state index in [2.05, 4.69) is 13.8 Å². The molecule has 1 heterocycles.